The number of carbonyl (C=O) groups excluding carboxylic acids is 2. The minimum absolute atomic E-state index is 0.0296. The SMILES string of the molecule is NC(N)=Nc1ccc2c(c1)CCCOc1c(cccc1C(=O)N(CC(=O)O)Cc1cc(OCc3ccccc3)cc(C(=O)O)c1)OC2=O. The molecule has 0 fully saturated rings. The van der Waals surface area contributed by atoms with Crippen molar-refractivity contribution in [1.29, 1.82) is 0 Å². The number of ether oxygens (including phenoxy) is 3. The Bertz CT molecular complexity index is 1890. The van der Waals surface area contributed by atoms with Gasteiger partial charge in [-0.3, -0.25) is 9.59 Å². The number of carboxylic acid groups (broad SMARTS) is 2. The third-order valence-corrected chi connectivity index (χ3v) is 7.26. The van der Waals surface area contributed by atoms with E-state index in [0.29, 0.717) is 29.7 Å². The molecule has 246 valence electrons. The van der Waals surface area contributed by atoms with Crippen LogP contribution in [0.25, 0.3) is 0 Å². The molecule has 0 radical (unpaired) electrons. The smallest absolute Gasteiger partial charge is 0.343 e. The summed E-state index contributed by atoms with van der Waals surface area (Å²) in [7, 11) is 0. The highest BCUT2D eigenvalue weighted by Crippen LogP contribution is 2.35. The number of fused-ring (bicyclic) bond motifs is 2. The number of rotatable bonds is 10. The number of hydrogen-bond donors (Lipinski definition) is 4. The van der Waals surface area contributed by atoms with Gasteiger partial charge in [0.15, 0.2) is 17.5 Å². The Morgan fingerprint density at radius 1 is 0.917 bits per heavy atom. The van der Waals surface area contributed by atoms with Gasteiger partial charge in [-0.25, -0.2) is 14.6 Å². The molecule has 0 atom stereocenters. The molecule has 0 unspecified atom stereocenters. The van der Waals surface area contributed by atoms with Crippen molar-refractivity contribution >= 4 is 35.5 Å². The number of guanidine groups is 1. The Morgan fingerprint density at radius 2 is 1.71 bits per heavy atom. The highest BCUT2D eigenvalue weighted by molar-refractivity contribution is 6.00. The normalized spacial score (nSPS) is 12.3. The third-order valence-electron chi connectivity index (χ3n) is 7.26. The first-order valence-corrected chi connectivity index (χ1v) is 14.8. The zero-order chi connectivity index (χ0) is 34.2. The molecule has 1 aliphatic heterocycles. The van der Waals surface area contributed by atoms with Gasteiger partial charge in [0.25, 0.3) is 5.91 Å². The molecule has 0 saturated heterocycles. The maximum atomic E-state index is 14.0. The van der Waals surface area contributed by atoms with Crippen molar-refractivity contribution in [3.05, 3.63) is 118 Å². The van der Waals surface area contributed by atoms with E-state index in [1.54, 1.807) is 24.3 Å². The summed E-state index contributed by atoms with van der Waals surface area (Å²) in [5.74, 6) is -3.92. The van der Waals surface area contributed by atoms with Gasteiger partial charge in [-0.1, -0.05) is 36.4 Å². The Labute approximate surface area is 275 Å². The fourth-order valence-corrected chi connectivity index (χ4v) is 5.16. The molecule has 1 heterocycles. The molecular formula is C35H32N4O9. The first-order chi connectivity index (χ1) is 23.1. The van der Waals surface area contributed by atoms with Gasteiger partial charge in [0, 0.05) is 6.54 Å². The molecule has 4 aromatic rings. The molecule has 5 rings (SSSR count). The van der Waals surface area contributed by atoms with E-state index in [-0.39, 0.29) is 59.7 Å². The van der Waals surface area contributed by atoms with E-state index in [4.69, 9.17) is 25.7 Å². The molecular weight excluding hydrogens is 620 g/mol. The van der Waals surface area contributed by atoms with E-state index in [1.807, 2.05) is 30.3 Å². The highest BCUT2D eigenvalue weighted by atomic mass is 16.6. The summed E-state index contributed by atoms with van der Waals surface area (Å²) in [6, 6.07) is 22.7. The van der Waals surface area contributed by atoms with Crippen LogP contribution in [0.3, 0.4) is 0 Å². The predicted molar refractivity (Wildman–Crippen MR) is 174 cm³/mol. The summed E-state index contributed by atoms with van der Waals surface area (Å²) < 4.78 is 17.5. The number of aliphatic carboxylic acids is 1. The number of nitrogens with zero attached hydrogens (tertiary/aromatic N) is 2. The lowest BCUT2D eigenvalue weighted by Crippen LogP contribution is -2.35. The summed E-state index contributed by atoms with van der Waals surface area (Å²) >= 11 is 0. The van der Waals surface area contributed by atoms with Crippen LogP contribution in [-0.4, -0.2) is 58.0 Å². The quantitative estimate of drug-likeness (QED) is 0.0829. The minimum atomic E-state index is -1.30. The third kappa shape index (κ3) is 8.26. The van der Waals surface area contributed by atoms with Crippen LogP contribution in [-0.2, 0) is 24.4 Å². The zero-order valence-electron chi connectivity index (χ0n) is 25.6. The predicted octanol–water partition coefficient (Wildman–Crippen LogP) is 4.14. The number of aromatic carboxylic acids is 1. The molecule has 0 aliphatic carbocycles. The van der Waals surface area contributed by atoms with Crippen LogP contribution in [0, 0.1) is 0 Å². The lowest BCUT2D eigenvalue weighted by Gasteiger charge is -2.24. The van der Waals surface area contributed by atoms with Crippen LogP contribution < -0.4 is 25.7 Å². The second-order valence-corrected chi connectivity index (χ2v) is 10.9. The number of benzene rings is 4. The lowest BCUT2D eigenvalue weighted by atomic mass is 10.0. The molecule has 4 aromatic carbocycles. The summed E-state index contributed by atoms with van der Waals surface area (Å²) in [4.78, 5) is 56.2. The van der Waals surface area contributed by atoms with Gasteiger partial charge in [-0.15, -0.1) is 0 Å². The summed E-state index contributed by atoms with van der Waals surface area (Å²) in [6.07, 6.45) is 0.851. The standard InChI is InChI=1S/C35H32N4O9/c36-35(37)38-25-11-12-27-23(16-25)8-5-13-46-31-28(9-4-10-29(31)48-34(27)45)32(42)39(19-30(40)41)18-22-14-24(33(43)44)17-26(15-22)47-20-21-6-2-1-3-7-21/h1-4,6-7,9-12,14-17H,5,8,13,18-20H2,(H,40,41)(H,43,44)(H4,36,37,38). The zero-order valence-corrected chi connectivity index (χ0v) is 25.6. The number of amides is 1. The average Bonchev–Trinajstić information content (AvgIpc) is 3.05. The molecule has 13 nitrogen and oxygen atoms in total. The first kappa shape index (κ1) is 33.0. The first-order valence-electron chi connectivity index (χ1n) is 14.8. The van der Waals surface area contributed by atoms with E-state index in [1.165, 1.54) is 30.3 Å². The van der Waals surface area contributed by atoms with Crippen LogP contribution in [0.15, 0.2) is 89.9 Å². The fraction of sp³-hybridized carbons (Fsp3) is 0.171. The number of para-hydroxylation sites is 1. The number of carboxylic acids is 2. The molecule has 0 bridgehead atoms. The second kappa shape index (κ2) is 14.8. The van der Waals surface area contributed by atoms with Crippen LogP contribution in [0.4, 0.5) is 5.69 Å². The number of hydrogen-bond acceptors (Lipinski definition) is 8. The van der Waals surface area contributed by atoms with Crippen molar-refractivity contribution in [2.24, 2.45) is 16.5 Å². The summed E-state index contributed by atoms with van der Waals surface area (Å²) in [6.45, 7) is -0.702. The van der Waals surface area contributed by atoms with Crippen molar-refractivity contribution in [3.63, 3.8) is 0 Å². The summed E-state index contributed by atoms with van der Waals surface area (Å²) in [5.41, 5.74) is 13.4. The van der Waals surface area contributed by atoms with E-state index < -0.39 is 30.4 Å². The number of carbonyl (C=O) groups is 4. The van der Waals surface area contributed by atoms with Gasteiger partial charge in [0.05, 0.1) is 29.0 Å². The van der Waals surface area contributed by atoms with Crippen molar-refractivity contribution < 1.29 is 43.6 Å². The molecule has 6 N–H and O–H groups in total. The molecule has 0 saturated carbocycles. The molecule has 1 aliphatic rings. The van der Waals surface area contributed by atoms with Crippen molar-refractivity contribution in [2.45, 2.75) is 26.0 Å². The van der Waals surface area contributed by atoms with E-state index in [9.17, 15) is 29.4 Å². The number of aryl methyl sites for hydroxylation is 1. The van der Waals surface area contributed by atoms with Gasteiger partial charge in [0.1, 0.15) is 18.9 Å². The molecule has 1 amide bonds. The van der Waals surface area contributed by atoms with Crippen LogP contribution >= 0.6 is 0 Å². The molecule has 48 heavy (non-hydrogen) atoms. The Balaban J connectivity index is 1.44. The van der Waals surface area contributed by atoms with Gasteiger partial charge in [0.2, 0.25) is 0 Å². The van der Waals surface area contributed by atoms with Crippen molar-refractivity contribution in [3.8, 4) is 17.2 Å². The van der Waals surface area contributed by atoms with E-state index in [2.05, 4.69) is 4.99 Å². The van der Waals surface area contributed by atoms with Crippen LogP contribution in [0.5, 0.6) is 17.2 Å². The molecule has 0 spiro atoms. The van der Waals surface area contributed by atoms with Gasteiger partial charge < -0.3 is 40.8 Å². The van der Waals surface area contributed by atoms with E-state index >= 15 is 0 Å². The lowest BCUT2D eigenvalue weighted by molar-refractivity contribution is -0.137. The second-order valence-electron chi connectivity index (χ2n) is 10.9. The number of aliphatic imine (C=N–C) groups is 1. The fourth-order valence-electron chi connectivity index (χ4n) is 5.16. The van der Waals surface area contributed by atoms with E-state index in [0.717, 1.165) is 10.5 Å². The summed E-state index contributed by atoms with van der Waals surface area (Å²) in [5, 5.41) is 19.5. The Morgan fingerprint density at radius 3 is 2.44 bits per heavy atom. The van der Waals surface area contributed by atoms with Crippen molar-refractivity contribution in [1.82, 2.24) is 4.90 Å². The number of nitrogens with two attached hydrogens (primary N) is 2. The van der Waals surface area contributed by atoms with Gasteiger partial charge in [-0.2, -0.15) is 0 Å². The minimum Gasteiger partial charge on any atom is -0.489 e. The maximum absolute atomic E-state index is 14.0. The maximum Gasteiger partial charge on any atom is 0.343 e. The molecule has 0 aromatic heterocycles. The Kier molecular flexibility index (Phi) is 10.2. The highest BCUT2D eigenvalue weighted by Gasteiger charge is 2.27. The van der Waals surface area contributed by atoms with Gasteiger partial charge >= 0.3 is 17.9 Å². The number of esters is 1. The van der Waals surface area contributed by atoms with Crippen LogP contribution in [0.2, 0.25) is 0 Å². The average molecular weight is 653 g/mol. The van der Waals surface area contributed by atoms with Gasteiger partial charge in [-0.05, 0) is 78.1 Å². The van der Waals surface area contributed by atoms with Crippen molar-refractivity contribution in [2.75, 3.05) is 13.2 Å². The monoisotopic (exact) mass is 652 g/mol. The topological polar surface area (TPSA) is 204 Å². The largest absolute Gasteiger partial charge is 0.489 e. The van der Waals surface area contributed by atoms with Crippen LogP contribution in [0.1, 0.15) is 54.2 Å². The molecule has 13 heteroatoms. The Hall–Kier alpha value is -6.37.